The van der Waals surface area contributed by atoms with Gasteiger partial charge >= 0.3 is 24.0 Å². The fraction of sp³-hybridized carbons (Fsp3) is 0.400. The van der Waals surface area contributed by atoms with Crippen LogP contribution in [0, 0.1) is 13.8 Å². The zero-order chi connectivity index (χ0) is 44.0. The summed E-state index contributed by atoms with van der Waals surface area (Å²) in [5.74, 6) is -0.571. The predicted octanol–water partition coefficient (Wildman–Crippen LogP) is 2.97. The van der Waals surface area contributed by atoms with Crippen LogP contribution in [0.4, 0.5) is 9.59 Å². The number of H-pyrrole nitrogens is 2. The van der Waals surface area contributed by atoms with E-state index in [1.165, 1.54) is 29.2 Å². The third kappa shape index (κ3) is 10.6. The van der Waals surface area contributed by atoms with Crippen molar-refractivity contribution >= 4 is 24.0 Å². The monoisotopic (exact) mass is 848 g/mol. The largest absolute Gasteiger partial charge is 0.476 e. The number of hydrogen-bond acceptors (Lipinski definition) is 15. The minimum absolute atomic E-state index is 0.116. The number of aromatic amines is 2. The van der Waals surface area contributed by atoms with Gasteiger partial charge in [0.25, 0.3) is 0 Å². The second-order valence-corrected chi connectivity index (χ2v) is 16.0. The molecular weight excluding hydrogens is 801 g/mol. The molecule has 2 aromatic carbocycles. The van der Waals surface area contributed by atoms with Crippen LogP contribution in [0.3, 0.4) is 0 Å². The maximum absolute atomic E-state index is 12.9. The minimum atomic E-state index is -1.16. The third-order valence-corrected chi connectivity index (χ3v) is 10.2. The van der Waals surface area contributed by atoms with E-state index >= 15 is 0 Å². The van der Waals surface area contributed by atoms with Gasteiger partial charge in [0.2, 0.25) is 11.6 Å². The molecule has 2 saturated heterocycles. The highest BCUT2D eigenvalue weighted by molar-refractivity contribution is 5.88. The molecule has 0 radical (unpaired) electrons. The number of ether oxygens (including phenoxy) is 1. The molecule has 2 aliphatic rings. The molecule has 2 fully saturated rings. The number of benzene rings is 2. The zero-order valence-corrected chi connectivity index (χ0v) is 35.1. The standard InChI is InChI=1S/C22H28N8O3.C18H20N8O3/c1-15-5-6-16(17(13-15)19-23-26-27-24-19)14-28-9-11-29(12-10-28)21(32)30-8-7-18(25-30)20(31)33-22(2,3)4;1-12-2-3-13(14(10-12)16-19-22-23-20-16)11-24-6-8-25(9-7-24)18(29)26-5-4-15(21-26)17(27)28/h5-8,13H,9-12,14H2,1-4H3,(H,23,24,26,27);2-5,10H,6-9,11H2,1H3,(H,27,28)(H,19,20,22,23). The van der Waals surface area contributed by atoms with Crippen LogP contribution in [-0.4, -0.2) is 167 Å². The van der Waals surface area contributed by atoms with Crippen molar-refractivity contribution in [3.8, 4) is 22.8 Å². The summed E-state index contributed by atoms with van der Waals surface area (Å²) in [4.78, 5) is 56.5. The number of tetrazole rings is 2. The van der Waals surface area contributed by atoms with Crippen LogP contribution in [0.1, 0.15) is 64.0 Å². The first-order valence-corrected chi connectivity index (χ1v) is 20.0. The Bertz CT molecular complexity index is 2490. The van der Waals surface area contributed by atoms with Gasteiger partial charge in [0, 0.05) is 89.0 Å². The number of carbonyl (C=O) groups excluding carboxylic acids is 3. The normalized spacial score (nSPS) is 14.9. The topological polar surface area (TPSA) is 255 Å². The number of carbonyl (C=O) groups is 4. The van der Waals surface area contributed by atoms with E-state index in [0.717, 1.165) is 44.6 Å². The van der Waals surface area contributed by atoms with E-state index in [9.17, 15) is 19.2 Å². The highest BCUT2D eigenvalue weighted by atomic mass is 16.6. The second-order valence-electron chi connectivity index (χ2n) is 16.0. The van der Waals surface area contributed by atoms with E-state index in [-0.39, 0.29) is 23.5 Å². The van der Waals surface area contributed by atoms with Gasteiger partial charge in [-0.25, -0.2) is 19.2 Å². The summed E-state index contributed by atoms with van der Waals surface area (Å²) in [6, 6.07) is 14.6. The number of nitrogens with one attached hydrogen (secondary N) is 2. The molecular formula is C40H48N16O6. The van der Waals surface area contributed by atoms with Crippen LogP contribution in [0.15, 0.2) is 60.9 Å². The molecule has 8 rings (SSSR count). The number of rotatable bonds is 8. The maximum Gasteiger partial charge on any atom is 0.359 e. The Balaban J connectivity index is 0.000000188. The number of aromatic nitrogens is 12. The zero-order valence-electron chi connectivity index (χ0n) is 35.1. The average molecular weight is 849 g/mol. The number of aryl methyl sites for hydroxylation is 2. The molecule has 6 aromatic rings. The van der Waals surface area contributed by atoms with Gasteiger partial charge < -0.3 is 19.6 Å². The quantitative estimate of drug-likeness (QED) is 0.186. The van der Waals surface area contributed by atoms with E-state index in [2.05, 4.69) is 91.6 Å². The Labute approximate surface area is 355 Å². The van der Waals surface area contributed by atoms with Gasteiger partial charge in [0.15, 0.2) is 11.4 Å². The number of carboxylic acid groups (broad SMARTS) is 1. The Morgan fingerprint density at radius 2 is 1.08 bits per heavy atom. The fourth-order valence-electron chi connectivity index (χ4n) is 7.00. The van der Waals surface area contributed by atoms with Crippen LogP contribution < -0.4 is 0 Å². The summed E-state index contributed by atoms with van der Waals surface area (Å²) < 4.78 is 7.59. The summed E-state index contributed by atoms with van der Waals surface area (Å²) in [7, 11) is 0. The summed E-state index contributed by atoms with van der Waals surface area (Å²) in [5.41, 5.74) is 5.68. The fourth-order valence-corrected chi connectivity index (χ4v) is 7.00. The molecule has 22 nitrogen and oxygen atoms in total. The summed E-state index contributed by atoms with van der Waals surface area (Å²) >= 11 is 0. The van der Waals surface area contributed by atoms with Crippen LogP contribution >= 0.6 is 0 Å². The number of amides is 2. The van der Waals surface area contributed by atoms with Crippen molar-refractivity contribution in [1.82, 2.24) is 80.4 Å². The third-order valence-electron chi connectivity index (χ3n) is 10.2. The molecule has 0 bridgehead atoms. The van der Waals surface area contributed by atoms with Gasteiger partial charge in [-0.2, -0.15) is 30.0 Å². The SMILES string of the molecule is Cc1ccc(CN2CCN(C(=O)n3ccc(C(=O)O)n3)CC2)c(-c2nn[nH]n2)c1.Cc1ccc(CN2CCN(C(=O)n3ccc(C(=O)OC(C)(C)C)n3)CC2)c(-c2nn[nH]n2)c1. The molecule has 22 heteroatoms. The lowest BCUT2D eigenvalue weighted by molar-refractivity contribution is 0.00620. The second kappa shape index (κ2) is 18.6. The van der Waals surface area contributed by atoms with Gasteiger partial charge in [-0.3, -0.25) is 9.80 Å². The first kappa shape index (κ1) is 42.9. The molecule has 0 saturated carbocycles. The predicted molar refractivity (Wildman–Crippen MR) is 221 cm³/mol. The molecule has 0 atom stereocenters. The minimum Gasteiger partial charge on any atom is -0.476 e. The highest BCUT2D eigenvalue weighted by Crippen LogP contribution is 2.25. The number of nitrogens with zero attached hydrogens (tertiary/aromatic N) is 14. The van der Waals surface area contributed by atoms with Crippen molar-refractivity contribution in [3.05, 3.63) is 94.6 Å². The Hall–Kier alpha value is -7.20. The number of carboxylic acids is 1. The first-order valence-electron chi connectivity index (χ1n) is 20.0. The van der Waals surface area contributed by atoms with Gasteiger partial charge in [-0.15, -0.1) is 20.4 Å². The number of hydrogen-bond donors (Lipinski definition) is 3. The van der Waals surface area contributed by atoms with Crippen LogP contribution in [0.5, 0.6) is 0 Å². The van der Waals surface area contributed by atoms with Crippen LogP contribution in [0.25, 0.3) is 22.8 Å². The summed E-state index contributed by atoms with van der Waals surface area (Å²) in [6.45, 7) is 15.8. The van der Waals surface area contributed by atoms with Crippen LogP contribution in [-0.2, 0) is 17.8 Å². The van der Waals surface area contributed by atoms with Crippen LogP contribution in [0.2, 0.25) is 0 Å². The Morgan fingerprint density at radius 1 is 0.645 bits per heavy atom. The van der Waals surface area contributed by atoms with E-state index in [4.69, 9.17) is 9.84 Å². The van der Waals surface area contributed by atoms with E-state index < -0.39 is 17.5 Å². The number of aromatic carboxylic acids is 1. The molecule has 2 aliphatic heterocycles. The molecule has 3 N–H and O–H groups in total. The average Bonchev–Trinajstić information content (AvgIpc) is 4.10. The van der Waals surface area contributed by atoms with Crippen molar-refractivity contribution in [2.45, 2.75) is 53.3 Å². The molecule has 0 aliphatic carbocycles. The van der Waals surface area contributed by atoms with E-state index in [1.54, 1.807) is 30.6 Å². The molecule has 6 heterocycles. The van der Waals surface area contributed by atoms with Crippen molar-refractivity contribution in [2.75, 3.05) is 52.4 Å². The van der Waals surface area contributed by atoms with Gasteiger partial charge in [-0.05, 0) is 80.4 Å². The lowest BCUT2D eigenvalue weighted by atomic mass is 10.0. The number of esters is 1. The molecule has 4 aromatic heterocycles. The molecule has 2 amide bonds. The van der Waals surface area contributed by atoms with Gasteiger partial charge in [0.1, 0.15) is 5.60 Å². The molecule has 324 valence electrons. The van der Waals surface area contributed by atoms with E-state index in [0.29, 0.717) is 70.6 Å². The van der Waals surface area contributed by atoms with Crippen molar-refractivity contribution in [3.63, 3.8) is 0 Å². The molecule has 62 heavy (non-hydrogen) atoms. The Morgan fingerprint density at radius 3 is 1.47 bits per heavy atom. The number of piperazine rings is 2. The molecule has 0 unspecified atom stereocenters. The van der Waals surface area contributed by atoms with Gasteiger partial charge in [0.05, 0.1) is 0 Å². The van der Waals surface area contributed by atoms with Crippen molar-refractivity contribution in [2.24, 2.45) is 0 Å². The van der Waals surface area contributed by atoms with Crippen molar-refractivity contribution < 1.29 is 29.0 Å². The highest BCUT2D eigenvalue weighted by Gasteiger charge is 2.27. The lowest BCUT2D eigenvalue weighted by Crippen LogP contribution is -2.49. The smallest absolute Gasteiger partial charge is 0.359 e. The van der Waals surface area contributed by atoms with Crippen molar-refractivity contribution in [1.29, 1.82) is 0 Å². The molecule has 0 spiro atoms. The Kier molecular flexibility index (Phi) is 12.9. The first-order chi connectivity index (χ1) is 29.7. The van der Waals surface area contributed by atoms with Gasteiger partial charge in [-0.1, -0.05) is 35.4 Å². The summed E-state index contributed by atoms with van der Waals surface area (Å²) in [5, 5.41) is 45.6. The maximum atomic E-state index is 12.9. The lowest BCUT2D eigenvalue weighted by Gasteiger charge is -2.34. The van der Waals surface area contributed by atoms with E-state index in [1.807, 2.05) is 19.9 Å². The summed E-state index contributed by atoms with van der Waals surface area (Å²) in [6.07, 6.45) is 2.87.